The van der Waals surface area contributed by atoms with Crippen molar-refractivity contribution in [1.82, 2.24) is 5.32 Å². The smallest absolute Gasteiger partial charge is 0.305 e. The van der Waals surface area contributed by atoms with Gasteiger partial charge in [-0.25, -0.2) is 0 Å². The lowest BCUT2D eigenvalue weighted by molar-refractivity contribution is -0.385. The molecule has 0 aliphatic carbocycles. The maximum atomic E-state index is 12.6. The summed E-state index contributed by atoms with van der Waals surface area (Å²) in [4.78, 5) is 34.2. The van der Waals surface area contributed by atoms with Gasteiger partial charge in [0.1, 0.15) is 5.75 Å². The van der Waals surface area contributed by atoms with Crippen molar-refractivity contribution >= 4 is 17.6 Å². The van der Waals surface area contributed by atoms with E-state index in [4.69, 9.17) is 9.84 Å². The van der Waals surface area contributed by atoms with Gasteiger partial charge in [0.25, 0.3) is 11.6 Å². The van der Waals surface area contributed by atoms with Crippen molar-refractivity contribution in [3.8, 4) is 5.75 Å². The number of carbonyl (C=O) groups is 2. The van der Waals surface area contributed by atoms with Crippen molar-refractivity contribution in [1.29, 1.82) is 0 Å². The highest BCUT2D eigenvalue weighted by atomic mass is 16.6. The van der Waals surface area contributed by atoms with E-state index in [1.807, 2.05) is 0 Å². The lowest BCUT2D eigenvalue weighted by Crippen LogP contribution is -2.30. The van der Waals surface area contributed by atoms with E-state index in [0.29, 0.717) is 11.3 Å². The lowest BCUT2D eigenvalue weighted by atomic mass is 10.0. The van der Waals surface area contributed by atoms with Gasteiger partial charge in [0, 0.05) is 17.2 Å². The van der Waals surface area contributed by atoms with Crippen molar-refractivity contribution in [3.05, 3.63) is 69.3 Å². The number of hydrogen-bond acceptors (Lipinski definition) is 5. The third-order valence-corrected chi connectivity index (χ3v) is 3.95. The normalized spacial score (nSPS) is 11.5. The summed E-state index contributed by atoms with van der Waals surface area (Å²) in [6.07, 6.45) is -0.327. The van der Waals surface area contributed by atoms with Crippen LogP contribution in [0.25, 0.3) is 0 Å². The quantitative estimate of drug-likeness (QED) is 0.580. The Labute approximate surface area is 149 Å². The molecule has 0 aliphatic rings. The summed E-state index contributed by atoms with van der Waals surface area (Å²) in [6.45, 7) is 1.48. The Bertz CT molecular complexity index is 832. The molecule has 2 N–H and O–H groups in total. The summed E-state index contributed by atoms with van der Waals surface area (Å²) in [6, 6.07) is 10.0. The Kier molecular flexibility index (Phi) is 5.90. The van der Waals surface area contributed by atoms with E-state index in [9.17, 15) is 19.7 Å². The predicted molar refractivity (Wildman–Crippen MR) is 93.3 cm³/mol. The van der Waals surface area contributed by atoms with Crippen molar-refractivity contribution in [2.75, 3.05) is 7.11 Å². The minimum atomic E-state index is -1.08. The molecule has 2 aromatic carbocycles. The average Bonchev–Trinajstić information content (AvgIpc) is 2.60. The summed E-state index contributed by atoms with van der Waals surface area (Å²) in [5, 5.41) is 22.8. The molecule has 2 aromatic rings. The van der Waals surface area contributed by atoms with Gasteiger partial charge in [-0.1, -0.05) is 18.2 Å². The van der Waals surface area contributed by atoms with Crippen LogP contribution in [0.4, 0.5) is 5.69 Å². The Hall–Kier alpha value is -3.42. The summed E-state index contributed by atoms with van der Waals surface area (Å²) in [5.74, 6) is -1.06. The van der Waals surface area contributed by atoms with Crippen LogP contribution < -0.4 is 10.1 Å². The first-order valence-corrected chi connectivity index (χ1v) is 7.74. The minimum absolute atomic E-state index is 0.128. The molecule has 0 unspecified atom stereocenters. The molecule has 0 spiro atoms. The monoisotopic (exact) mass is 358 g/mol. The van der Waals surface area contributed by atoms with Crippen LogP contribution in [0.1, 0.15) is 33.9 Å². The number of nitrogens with one attached hydrogen (secondary N) is 1. The molecule has 8 heteroatoms. The number of rotatable bonds is 7. The SMILES string of the molecule is COc1ccc([C@@H](CC(=O)O)NC(=O)c2cccc([N+](=O)[O-])c2C)cc1. The van der Waals surface area contributed by atoms with Crippen LogP contribution in [0.5, 0.6) is 5.75 Å². The Morgan fingerprint density at radius 2 is 1.88 bits per heavy atom. The number of benzene rings is 2. The molecular formula is C18H18N2O6. The highest BCUT2D eigenvalue weighted by Gasteiger charge is 2.22. The van der Waals surface area contributed by atoms with Crippen molar-refractivity contribution < 1.29 is 24.4 Å². The molecule has 0 aromatic heterocycles. The number of aliphatic carboxylic acids is 1. The third kappa shape index (κ3) is 4.35. The van der Waals surface area contributed by atoms with Gasteiger partial charge < -0.3 is 15.2 Å². The predicted octanol–water partition coefficient (Wildman–Crippen LogP) is 2.86. The fourth-order valence-electron chi connectivity index (χ4n) is 2.57. The first-order chi connectivity index (χ1) is 12.3. The summed E-state index contributed by atoms with van der Waals surface area (Å²) in [5.41, 5.74) is 0.767. The second-order valence-corrected chi connectivity index (χ2v) is 5.60. The van der Waals surface area contributed by atoms with Crippen LogP contribution in [-0.2, 0) is 4.79 Å². The molecule has 0 saturated carbocycles. The number of ether oxygens (including phenoxy) is 1. The highest BCUT2D eigenvalue weighted by Crippen LogP contribution is 2.24. The number of methoxy groups -OCH3 is 1. The van der Waals surface area contributed by atoms with Gasteiger partial charge in [-0.05, 0) is 30.7 Å². The lowest BCUT2D eigenvalue weighted by Gasteiger charge is -2.18. The van der Waals surface area contributed by atoms with Gasteiger partial charge in [0.05, 0.1) is 24.5 Å². The van der Waals surface area contributed by atoms with Crippen molar-refractivity contribution in [3.63, 3.8) is 0 Å². The molecule has 0 saturated heterocycles. The van der Waals surface area contributed by atoms with E-state index in [-0.39, 0.29) is 23.2 Å². The fourth-order valence-corrected chi connectivity index (χ4v) is 2.57. The van der Waals surface area contributed by atoms with Crippen molar-refractivity contribution in [2.24, 2.45) is 0 Å². The summed E-state index contributed by atoms with van der Waals surface area (Å²) in [7, 11) is 1.51. The van der Waals surface area contributed by atoms with E-state index in [0.717, 1.165) is 0 Å². The maximum absolute atomic E-state index is 12.6. The molecule has 8 nitrogen and oxygen atoms in total. The topological polar surface area (TPSA) is 119 Å². The number of nitro benzene ring substituents is 1. The minimum Gasteiger partial charge on any atom is -0.497 e. The molecule has 0 bridgehead atoms. The fraction of sp³-hybridized carbons (Fsp3) is 0.222. The molecule has 0 heterocycles. The molecule has 1 amide bonds. The molecule has 1 atom stereocenters. The molecule has 0 fully saturated rings. The first kappa shape index (κ1) is 18.9. The zero-order chi connectivity index (χ0) is 19.3. The Morgan fingerprint density at radius 3 is 2.42 bits per heavy atom. The van der Waals surface area contributed by atoms with Gasteiger partial charge >= 0.3 is 5.97 Å². The number of carboxylic acid groups (broad SMARTS) is 1. The van der Waals surface area contributed by atoms with E-state index in [2.05, 4.69) is 5.32 Å². The molecule has 26 heavy (non-hydrogen) atoms. The maximum Gasteiger partial charge on any atom is 0.305 e. The van der Waals surface area contributed by atoms with Gasteiger partial charge in [-0.2, -0.15) is 0 Å². The third-order valence-electron chi connectivity index (χ3n) is 3.95. The molecule has 136 valence electrons. The zero-order valence-electron chi connectivity index (χ0n) is 14.3. The summed E-state index contributed by atoms with van der Waals surface area (Å²) >= 11 is 0. The number of nitro groups is 1. The van der Waals surface area contributed by atoms with Crippen LogP contribution in [0.2, 0.25) is 0 Å². The molecular weight excluding hydrogens is 340 g/mol. The van der Waals surface area contributed by atoms with E-state index >= 15 is 0 Å². The van der Waals surface area contributed by atoms with Crippen LogP contribution in [0.3, 0.4) is 0 Å². The van der Waals surface area contributed by atoms with Crippen molar-refractivity contribution in [2.45, 2.75) is 19.4 Å². The van der Waals surface area contributed by atoms with Gasteiger partial charge in [-0.3, -0.25) is 19.7 Å². The number of carboxylic acids is 1. The van der Waals surface area contributed by atoms with Crippen LogP contribution in [0.15, 0.2) is 42.5 Å². The van der Waals surface area contributed by atoms with Gasteiger partial charge in [0.15, 0.2) is 0 Å². The van der Waals surface area contributed by atoms with Crippen LogP contribution in [-0.4, -0.2) is 29.0 Å². The average molecular weight is 358 g/mol. The second-order valence-electron chi connectivity index (χ2n) is 5.60. The van der Waals surface area contributed by atoms with Crippen LogP contribution in [0, 0.1) is 17.0 Å². The molecule has 0 aliphatic heterocycles. The number of amides is 1. The largest absolute Gasteiger partial charge is 0.497 e. The van der Waals surface area contributed by atoms with Crippen LogP contribution >= 0.6 is 0 Å². The first-order valence-electron chi connectivity index (χ1n) is 7.74. The molecule has 2 rings (SSSR count). The summed E-state index contributed by atoms with van der Waals surface area (Å²) < 4.78 is 5.06. The Morgan fingerprint density at radius 1 is 1.23 bits per heavy atom. The van der Waals surface area contributed by atoms with Gasteiger partial charge in [0.2, 0.25) is 0 Å². The highest BCUT2D eigenvalue weighted by molar-refractivity contribution is 5.97. The molecule has 0 radical (unpaired) electrons. The van der Waals surface area contributed by atoms with E-state index in [1.165, 1.54) is 32.2 Å². The number of hydrogen-bond donors (Lipinski definition) is 2. The second kappa shape index (κ2) is 8.11. The number of carbonyl (C=O) groups excluding carboxylic acids is 1. The Balaban J connectivity index is 2.30. The van der Waals surface area contributed by atoms with E-state index < -0.39 is 22.8 Å². The van der Waals surface area contributed by atoms with Gasteiger partial charge in [-0.15, -0.1) is 0 Å². The standard InChI is InChI=1S/C18H18N2O6/c1-11-14(4-3-5-16(11)20(24)25)18(23)19-15(10-17(21)22)12-6-8-13(26-2)9-7-12/h3-9,15H,10H2,1-2H3,(H,19,23)(H,21,22)/t15-/m1/s1. The zero-order valence-corrected chi connectivity index (χ0v) is 14.3. The van der Waals surface area contributed by atoms with E-state index in [1.54, 1.807) is 24.3 Å². The number of nitrogens with zero attached hydrogens (tertiary/aromatic N) is 1.